The molecule has 0 saturated carbocycles. The zero-order chi connectivity index (χ0) is 10.0. The molecule has 0 bridgehead atoms. The first-order chi connectivity index (χ1) is 6.70. The Hall–Kier alpha value is -0.430. The summed E-state index contributed by atoms with van der Waals surface area (Å²) in [5.41, 5.74) is -0.799. The van der Waals surface area contributed by atoms with Crippen molar-refractivity contribution in [3.05, 3.63) is 5.15 Å². The Labute approximate surface area is 90.4 Å². The van der Waals surface area contributed by atoms with Gasteiger partial charge in [-0.3, -0.25) is 0 Å². The van der Waals surface area contributed by atoms with E-state index >= 15 is 0 Å². The van der Waals surface area contributed by atoms with Crippen LogP contribution in [0, 0.1) is 0 Å². The molecule has 2 N–H and O–H groups in total. The van der Waals surface area contributed by atoms with Crippen LogP contribution in [-0.4, -0.2) is 39.2 Å². The molecule has 5 nitrogen and oxygen atoms in total. The van der Waals surface area contributed by atoms with E-state index in [4.69, 9.17) is 16.3 Å². The van der Waals surface area contributed by atoms with Gasteiger partial charge in [-0.05, 0) is 0 Å². The van der Waals surface area contributed by atoms with Crippen molar-refractivity contribution in [1.82, 2.24) is 8.75 Å². The Morgan fingerprint density at radius 2 is 2.50 bits per heavy atom. The standard InChI is InChI=1S/C7H10ClN3O2S/c8-5-6(11-14-10-5)9-3-7(12)1-2-13-4-7/h12H,1-4H2,(H,9,11). The second kappa shape index (κ2) is 3.98. The van der Waals surface area contributed by atoms with Crippen LogP contribution >= 0.6 is 23.3 Å². The first kappa shape index (κ1) is 10.1. The van der Waals surface area contributed by atoms with Gasteiger partial charge in [-0.1, -0.05) is 11.6 Å². The van der Waals surface area contributed by atoms with Crippen LogP contribution < -0.4 is 5.32 Å². The Morgan fingerprint density at radius 1 is 1.64 bits per heavy atom. The number of halogens is 1. The van der Waals surface area contributed by atoms with Gasteiger partial charge in [0.2, 0.25) is 0 Å². The summed E-state index contributed by atoms with van der Waals surface area (Å²) in [5.74, 6) is 0.525. The molecule has 14 heavy (non-hydrogen) atoms. The van der Waals surface area contributed by atoms with E-state index in [0.717, 1.165) is 11.7 Å². The highest BCUT2D eigenvalue weighted by Gasteiger charge is 2.32. The lowest BCUT2D eigenvalue weighted by Gasteiger charge is -2.20. The van der Waals surface area contributed by atoms with Crippen LogP contribution in [-0.2, 0) is 4.74 Å². The van der Waals surface area contributed by atoms with E-state index in [1.807, 2.05) is 0 Å². The van der Waals surface area contributed by atoms with Crippen molar-refractivity contribution in [3.63, 3.8) is 0 Å². The minimum Gasteiger partial charge on any atom is -0.386 e. The quantitative estimate of drug-likeness (QED) is 0.810. The van der Waals surface area contributed by atoms with Crippen molar-refractivity contribution in [3.8, 4) is 0 Å². The van der Waals surface area contributed by atoms with Gasteiger partial charge in [0.1, 0.15) is 5.60 Å². The number of anilines is 1. The molecule has 1 aliphatic heterocycles. The average Bonchev–Trinajstić information content (AvgIpc) is 2.73. The first-order valence-electron chi connectivity index (χ1n) is 4.22. The third kappa shape index (κ3) is 2.14. The van der Waals surface area contributed by atoms with Crippen LogP contribution in [0.15, 0.2) is 0 Å². The second-order valence-electron chi connectivity index (χ2n) is 3.28. The van der Waals surface area contributed by atoms with Crippen molar-refractivity contribution in [1.29, 1.82) is 0 Å². The fourth-order valence-corrected chi connectivity index (χ4v) is 1.95. The van der Waals surface area contributed by atoms with E-state index in [2.05, 4.69) is 14.1 Å². The highest BCUT2D eigenvalue weighted by Crippen LogP contribution is 2.22. The predicted molar refractivity (Wildman–Crippen MR) is 53.8 cm³/mol. The lowest BCUT2D eigenvalue weighted by molar-refractivity contribution is 0.0381. The van der Waals surface area contributed by atoms with Gasteiger partial charge in [-0.2, -0.15) is 8.75 Å². The normalized spacial score (nSPS) is 26.7. The van der Waals surface area contributed by atoms with Crippen molar-refractivity contribution >= 4 is 29.1 Å². The molecule has 7 heteroatoms. The second-order valence-corrected chi connectivity index (χ2v) is 4.17. The van der Waals surface area contributed by atoms with Gasteiger partial charge in [0, 0.05) is 19.6 Å². The van der Waals surface area contributed by atoms with Gasteiger partial charge in [0.15, 0.2) is 11.0 Å². The van der Waals surface area contributed by atoms with Crippen LogP contribution in [0.4, 0.5) is 5.82 Å². The average molecular weight is 236 g/mol. The number of rotatable bonds is 3. The zero-order valence-corrected chi connectivity index (χ0v) is 8.94. The summed E-state index contributed by atoms with van der Waals surface area (Å²) >= 11 is 6.77. The number of ether oxygens (including phenoxy) is 1. The lowest BCUT2D eigenvalue weighted by atomic mass is 10.0. The number of nitrogens with zero attached hydrogens (tertiary/aromatic N) is 2. The molecule has 1 aliphatic rings. The Morgan fingerprint density at radius 3 is 3.07 bits per heavy atom. The molecule has 78 valence electrons. The maximum Gasteiger partial charge on any atom is 0.186 e. The monoisotopic (exact) mass is 235 g/mol. The van der Waals surface area contributed by atoms with E-state index < -0.39 is 5.60 Å². The summed E-state index contributed by atoms with van der Waals surface area (Å²) in [5, 5.41) is 13.2. The fourth-order valence-electron chi connectivity index (χ4n) is 1.27. The molecule has 1 atom stereocenters. The molecule has 1 aromatic heterocycles. The fraction of sp³-hybridized carbons (Fsp3) is 0.714. The number of hydrogen-bond acceptors (Lipinski definition) is 6. The van der Waals surface area contributed by atoms with Crippen LogP contribution in [0.25, 0.3) is 0 Å². The number of aliphatic hydroxyl groups is 1. The molecule has 1 saturated heterocycles. The summed E-state index contributed by atoms with van der Waals surface area (Å²) in [6, 6.07) is 0. The first-order valence-corrected chi connectivity index (χ1v) is 5.32. The molecule has 0 amide bonds. The minimum atomic E-state index is -0.799. The lowest BCUT2D eigenvalue weighted by Crippen LogP contribution is -2.37. The van der Waals surface area contributed by atoms with Gasteiger partial charge in [-0.15, -0.1) is 0 Å². The van der Waals surface area contributed by atoms with Gasteiger partial charge in [0.25, 0.3) is 0 Å². The molecule has 2 heterocycles. The highest BCUT2D eigenvalue weighted by molar-refractivity contribution is 6.99. The van der Waals surface area contributed by atoms with Crippen LogP contribution in [0.5, 0.6) is 0 Å². The van der Waals surface area contributed by atoms with Crippen LogP contribution in [0.3, 0.4) is 0 Å². The molecule has 1 fully saturated rings. The summed E-state index contributed by atoms with van der Waals surface area (Å²) in [7, 11) is 0. The molecule has 2 rings (SSSR count). The summed E-state index contributed by atoms with van der Waals surface area (Å²) in [4.78, 5) is 0. The van der Waals surface area contributed by atoms with Crippen LogP contribution in [0.1, 0.15) is 6.42 Å². The highest BCUT2D eigenvalue weighted by atomic mass is 35.5. The third-order valence-corrected chi connectivity index (χ3v) is 3.01. The van der Waals surface area contributed by atoms with Crippen molar-refractivity contribution in [2.75, 3.05) is 25.1 Å². The molecular formula is C7H10ClN3O2S. The predicted octanol–water partition coefficient (Wildman–Crippen LogP) is 0.755. The van der Waals surface area contributed by atoms with Crippen molar-refractivity contribution < 1.29 is 9.84 Å². The molecule has 1 aromatic rings. The Balaban J connectivity index is 1.91. The molecule has 0 radical (unpaired) electrons. The minimum absolute atomic E-state index is 0.345. The largest absolute Gasteiger partial charge is 0.386 e. The van der Waals surface area contributed by atoms with E-state index in [1.165, 1.54) is 0 Å². The van der Waals surface area contributed by atoms with Gasteiger partial charge < -0.3 is 15.2 Å². The van der Waals surface area contributed by atoms with Crippen molar-refractivity contribution in [2.24, 2.45) is 0 Å². The van der Waals surface area contributed by atoms with Gasteiger partial charge in [-0.25, -0.2) is 0 Å². The molecule has 1 unspecified atom stereocenters. The maximum absolute atomic E-state index is 9.91. The third-order valence-electron chi connectivity index (χ3n) is 2.12. The summed E-state index contributed by atoms with van der Waals surface area (Å²) < 4.78 is 12.9. The molecule has 0 aliphatic carbocycles. The van der Waals surface area contributed by atoms with E-state index in [-0.39, 0.29) is 0 Å². The van der Waals surface area contributed by atoms with E-state index in [9.17, 15) is 5.11 Å². The van der Waals surface area contributed by atoms with Gasteiger partial charge in [0.05, 0.1) is 18.3 Å². The number of nitrogens with one attached hydrogen (secondary N) is 1. The molecule has 0 spiro atoms. The summed E-state index contributed by atoms with van der Waals surface area (Å²) in [6.07, 6.45) is 0.634. The SMILES string of the molecule is OC1(CNc2nsnc2Cl)CCOC1. The smallest absolute Gasteiger partial charge is 0.186 e. The number of hydrogen-bond donors (Lipinski definition) is 2. The Bertz CT molecular complexity index is 314. The maximum atomic E-state index is 9.91. The topological polar surface area (TPSA) is 67.3 Å². The molecular weight excluding hydrogens is 226 g/mol. The van der Waals surface area contributed by atoms with E-state index in [0.29, 0.717) is 37.2 Å². The van der Waals surface area contributed by atoms with Crippen LogP contribution in [0.2, 0.25) is 5.15 Å². The van der Waals surface area contributed by atoms with Gasteiger partial charge >= 0.3 is 0 Å². The zero-order valence-electron chi connectivity index (χ0n) is 7.36. The van der Waals surface area contributed by atoms with E-state index in [1.54, 1.807) is 0 Å². The molecule has 0 aromatic carbocycles. The summed E-state index contributed by atoms with van der Waals surface area (Å²) in [6.45, 7) is 1.34. The Kier molecular flexibility index (Phi) is 2.87. The van der Waals surface area contributed by atoms with Crippen molar-refractivity contribution in [2.45, 2.75) is 12.0 Å². The number of aromatic nitrogens is 2.